The van der Waals surface area contributed by atoms with Gasteiger partial charge in [0.25, 0.3) is 0 Å². The van der Waals surface area contributed by atoms with Gasteiger partial charge in [-0.15, -0.1) is 0 Å². The van der Waals surface area contributed by atoms with Crippen molar-refractivity contribution in [2.24, 2.45) is 11.3 Å². The predicted molar refractivity (Wildman–Crippen MR) is 33.7 cm³/mol. The first-order valence-corrected chi connectivity index (χ1v) is 2.61. The van der Waals surface area contributed by atoms with Crippen LogP contribution in [0.15, 0.2) is 0 Å². The molecule has 0 aromatic heterocycles. The quantitative estimate of drug-likeness (QED) is 0.328. The number of hydrogen-bond acceptors (Lipinski definition) is 0. The Morgan fingerprint density at radius 1 is 0.500 bits per heavy atom. The fourth-order valence-electron chi connectivity index (χ4n) is 0. The second-order valence-corrected chi connectivity index (χ2v) is 3.06. The van der Waals surface area contributed by atoms with Crippen LogP contribution in [0.25, 0.3) is 0 Å². The Labute approximate surface area is 392 Å². The zero-order valence-corrected chi connectivity index (χ0v) is 43.1. The van der Waals surface area contributed by atoms with E-state index in [0.717, 1.165) is 0 Å². The van der Waals surface area contributed by atoms with Crippen molar-refractivity contribution >= 4 is 0 Å². The van der Waals surface area contributed by atoms with Crippen LogP contribution >= 0.6 is 0 Å². The van der Waals surface area contributed by atoms with Crippen LogP contribution in [0.5, 0.6) is 0 Å². The smallest absolute Gasteiger partial charge is 0 e. The molecule has 0 aromatic rings. The Morgan fingerprint density at radius 2 is 0.556 bits per heavy atom. The van der Waals surface area contributed by atoms with Gasteiger partial charge in [-0.2, -0.15) is 0 Å². The van der Waals surface area contributed by atoms with Crippen molar-refractivity contribution in [2.45, 2.75) is 20.8 Å². The van der Waals surface area contributed by atoms with Gasteiger partial charge in [-0.25, -0.2) is 0 Å². The monoisotopic (exact) mass is 1080 g/mol. The zero-order chi connectivity index (χ0) is 6.08. The molecule has 0 rings (SSSR count). The van der Waals surface area contributed by atoms with Crippen LogP contribution in [-0.2, 0) is 360 Å². The largest absolute Gasteiger partial charge is 0.369 e. The minimum absolute atomic E-state index is 0. The van der Waals surface area contributed by atoms with E-state index in [0.29, 0.717) is 5.92 Å². The third kappa shape index (κ3) is 63.0. The second kappa shape index (κ2) is 51.6. The van der Waals surface area contributed by atoms with Crippen molar-refractivity contribution in [3.05, 3.63) is 13.8 Å². The van der Waals surface area contributed by atoms with E-state index in [9.17, 15) is 0 Å². The maximum atomic E-state index is 3.80. The molecule has 0 nitrogen and oxygen atoms in total. The van der Waals surface area contributed by atoms with E-state index in [4.69, 9.17) is 0 Å². The summed E-state index contributed by atoms with van der Waals surface area (Å²) >= 11 is 0. The summed E-state index contributed by atoms with van der Waals surface area (Å²) in [6.45, 7) is 14.0. The van der Waals surface area contributed by atoms with Gasteiger partial charge in [0.1, 0.15) is 0 Å². The summed E-state index contributed by atoms with van der Waals surface area (Å²) in [5.41, 5.74) is 0.278. The van der Waals surface area contributed by atoms with Crippen LogP contribution in [-0.4, -0.2) is 0 Å². The Balaban J connectivity index is -0.00000000327. The molecular formula is C7H14Y11-2. The van der Waals surface area contributed by atoms with Gasteiger partial charge in [0.15, 0.2) is 0 Å². The van der Waals surface area contributed by atoms with Gasteiger partial charge in [-0.05, 0) is 0 Å². The average Bonchev–Trinajstić information content (AvgIpc) is 1.31. The van der Waals surface area contributed by atoms with Crippen LogP contribution in [0.4, 0.5) is 0 Å². The maximum Gasteiger partial charge on any atom is 0 e. The molecule has 11 heteroatoms. The van der Waals surface area contributed by atoms with Gasteiger partial charge >= 0.3 is 0 Å². The molecule has 77 valence electrons. The van der Waals surface area contributed by atoms with Crippen molar-refractivity contribution < 1.29 is 360 Å². The maximum absolute atomic E-state index is 3.80. The van der Waals surface area contributed by atoms with Crippen molar-refractivity contribution in [2.75, 3.05) is 0 Å². The fraction of sp³-hybridized carbons (Fsp3) is 0.714. The van der Waals surface area contributed by atoms with E-state index in [1.165, 1.54) is 0 Å². The van der Waals surface area contributed by atoms with Crippen LogP contribution in [0.2, 0.25) is 0 Å². The Morgan fingerprint density at radius 3 is 0.556 bits per heavy atom. The van der Waals surface area contributed by atoms with E-state index < -0.39 is 0 Å². The molecule has 11 radical (unpaired) electrons. The van der Waals surface area contributed by atoms with E-state index in [1.807, 2.05) is 0 Å². The Hall–Kier alpha value is 12.1. The molecule has 0 aliphatic carbocycles. The topological polar surface area (TPSA) is 0 Å². The first-order chi connectivity index (χ1) is 2.94. The molecule has 0 saturated heterocycles. The van der Waals surface area contributed by atoms with Crippen LogP contribution < -0.4 is 0 Å². The molecule has 0 spiro atoms. The number of hydrogen-bond donors (Lipinski definition) is 0. The molecule has 0 aliphatic heterocycles. The van der Waals surface area contributed by atoms with Crippen LogP contribution in [0.3, 0.4) is 0 Å². The van der Waals surface area contributed by atoms with Gasteiger partial charge in [-0.3, -0.25) is 5.92 Å². The molecule has 0 unspecified atom stereocenters. The summed E-state index contributed by atoms with van der Waals surface area (Å²) in [6, 6.07) is 0. The standard InChI is InChI=1S/C7H14.11Y/c1-6(2)7(3,4)5;;;;;;;;;;;/h6H,1-2H2,3-5H3;;;;;;;;;;;/q-2;;;;;;;;;;;. The first-order valence-electron chi connectivity index (χ1n) is 2.61. The normalized spacial score (nSPS) is 5.00. The van der Waals surface area contributed by atoms with E-state index >= 15 is 0 Å². The molecule has 0 bridgehead atoms. The molecule has 0 heterocycles. The summed E-state index contributed by atoms with van der Waals surface area (Å²) in [4.78, 5) is 0. The predicted octanol–water partition coefficient (Wildman–Crippen LogP) is 2.29. The van der Waals surface area contributed by atoms with Crippen LogP contribution in [0.1, 0.15) is 20.8 Å². The minimum Gasteiger partial charge on any atom is -0.369 e. The molecule has 0 aliphatic rings. The van der Waals surface area contributed by atoms with Crippen molar-refractivity contribution in [1.82, 2.24) is 0 Å². The SMILES string of the molecule is [CH2-]C([CH2-])C(C)(C)C.[Y].[Y].[Y].[Y].[Y].[Y].[Y].[Y].[Y].[Y].[Y]. The second-order valence-electron chi connectivity index (χ2n) is 3.06. The molecule has 0 amide bonds. The van der Waals surface area contributed by atoms with Gasteiger partial charge in [0, 0.05) is 360 Å². The molecule has 0 fully saturated rings. The third-order valence-electron chi connectivity index (χ3n) is 1.22. The molecular weight excluding hydrogens is 1060 g/mol. The fourth-order valence-corrected chi connectivity index (χ4v) is 0. The summed E-state index contributed by atoms with van der Waals surface area (Å²) in [6.07, 6.45) is 0. The first kappa shape index (κ1) is 77.8. The van der Waals surface area contributed by atoms with E-state index in [-0.39, 0.29) is 365 Å². The van der Waals surface area contributed by atoms with Gasteiger partial charge < -0.3 is 13.8 Å². The van der Waals surface area contributed by atoms with E-state index in [1.54, 1.807) is 0 Å². The van der Waals surface area contributed by atoms with Crippen molar-refractivity contribution in [3.63, 3.8) is 0 Å². The zero-order valence-electron chi connectivity index (χ0n) is 11.8. The van der Waals surface area contributed by atoms with Gasteiger partial charge in [-0.1, -0.05) is 26.2 Å². The molecule has 18 heavy (non-hydrogen) atoms. The molecule has 0 N–H and O–H groups in total. The van der Waals surface area contributed by atoms with Crippen molar-refractivity contribution in [1.29, 1.82) is 0 Å². The summed E-state index contributed by atoms with van der Waals surface area (Å²) in [7, 11) is 0. The summed E-state index contributed by atoms with van der Waals surface area (Å²) < 4.78 is 0. The van der Waals surface area contributed by atoms with Gasteiger partial charge in [0.2, 0.25) is 0 Å². The molecule has 0 saturated carbocycles. The van der Waals surface area contributed by atoms with Crippen molar-refractivity contribution in [3.8, 4) is 0 Å². The Kier molecular flexibility index (Phi) is 223. The van der Waals surface area contributed by atoms with Crippen LogP contribution in [0, 0.1) is 25.2 Å². The third-order valence-corrected chi connectivity index (χ3v) is 1.22. The van der Waals surface area contributed by atoms with E-state index in [2.05, 4.69) is 34.6 Å². The van der Waals surface area contributed by atoms with Gasteiger partial charge in [0.05, 0.1) is 0 Å². The average molecular weight is 1080 g/mol. The summed E-state index contributed by atoms with van der Waals surface area (Å²) in [5.74, 6) is 0.299. The minimum atomic E-state index is 0. The Bertz CT molecular complexity index is 62.9. The molecule has 0 aromatic carbocycles. The summed E-state index contributed by atoms with van der Waals surface area (Å²) in [5, 5.41) is 0. The number of rotatable bonds is 0. The molecule has 0 atom stereocenters.